The fourth-order valence-electron chi connectivity index (χ4n) is 0. The molecule has 14 valence electrons. The third kappa shape index (κ3) is 9.05. The molecular weight excluding hydrogens is 154 g/mol. The Morgan fingerprint density at radius 1 is 1.00 bits per heavy atom. The quantitative estimate of drug-likeness (QED) is 0.420. The zero-order valence-electron chi connectivity index (χ0n) is 8.83. The molecule has 0 amide bonds. The van der Waals surface area contributed by atoms with Gasteiger partial charge in [-0.25, -0.2) is 0 Å². The first-order valence-electron chi connectivity index (χ1n) is 0. The van der Waals surface area contributed by atoms with E-state index in [2.05, 4.69) is 0 Å². The van der Waals surface area contributed by atoms with E-state index in [0.717, 1.165) is 0 Å². The van der Waals surface area contributed by atoms with Crippen molar-refractivity contribution in [3.63, 3.8) is 0 Å². The predicted octanol–water partition coefficient (Wildman–Crippen LogP) is -0.470. The molecule has 0 N–H and O–H groups in total. The molecule has 0 bridgehead atoms. The summed E-state index contributed by atoms with van der Waals surface area (Å²) in [5, 5.41) is 0. The van der Waals surface area contributed by atoms with E-state index in [1.807, 2.05) is 0 Å². The molecule has 0 saturated carbocycles. The van der Waals surface area contributed by atoms with Crippen LogP contribution in [0.15, 0.2) is 0 Å². The Morgan fingerprint density at radius 2 is 1.00 bits per heavy atom. The Labute approximate surface area is 110 Å². The molecule has 0 heterocycles. The van der Waals surface area contributed by atoms with E-state index in [0.29, 0.717) is 0 Å². The van der Waals surface area contributed by atoms with Gasteiger partial charge in [0, 0.05) is 19.5 Å². The summed E-state index contributed by atoms with van der Waals surface area (Å²) in [7, 11) is 0. The van der Waals surface area contributed by atoms with Gasteiger partial charge in [-0.3, -0.25) is 0 Å². The van der Waals surface area contributed by atoms with E-state index < -0.39 is 0 Å². The monoisotopic (exact) mass is 158 g/mol. The second kappa shape index (κ2) is 16.1. The average Bonchev–Trinajstić information content (AvgIpc) is 0. The minimum Gasteiger partial charge on any atom is -1.00 e. The van der Waals surface area contributed by atoms with Crippen molar-refractivity contribution in [3.8, 4) is 0 Å². The van der Waals surface area contributed by atoms with E-state index in [1.165, 1.54) is 0 Å². The van der Waals surface area contributed by atoms with Crippen LogP contribution in [-0.4, -0.2) is 83.8 Å². The first-order valence-corrected chi connectivity index (χ1v) is 0. The Balaban J connectivity index is 0. The van der Waals surface area contributed by atoms with Crippen molar-refractivity contribution < 1.29 is 28.0 Å². The van der Waals surface area contributed by atoms with Gasteiger partial charge in [-0.05, 0) is 0 Å². The second-order valence-electron chi connectivity index (χ2n) is 0. The molecule has 0 aromatic rings. The maximum atomic E-state index is 0. The van der Waals surface area contributed by atoms with Crippen molar-refractivity contribution in [2.45, 2.75) is 0 Å². The van der Waals surface area contributed by atoms with Crippen LogP contribution in [0.1, 0.15) is 8.56 Å². The summed E-state index contributed by atoms with van der Waals surface area (Å²) >= 11 is 0. The van der Waals surface area contributed by atoms with Crippen molar-refractivity contribution >= 4 is 83.8 Å². The van der Waals surface area contributed by atoms with Crippen molar-refractivity contribution in [1.82, 2.24) is 0 Å². The van der Waals surface area contributed by atoms with E-state index in [9.17, 15) is 0 Å². The van der Waals surface area contributed by atoms with Gasteiger partial charge in [-0.15, -0.1) is 0 Å². The third-order valence-electron chi connectivity index (χ3n) is 0. The van der Waals surface area contributed by atoms with Crippen LogP contribution in [0.5, 0.6) is 0 Å². The average molecular weight is 160 g/mol. The molecule has 0 aromatic heterocycles. The first-order chi connectivity index (χ1) is 0. The molecule has 0 radical (unpaired) electrons. The number of rotatable bonds is 0. The summed E-state index contributed by atoms with van der Waals surface area (Å²) < 4.78 is 0. The molecule has 0 rings (SSSR count). The molecule has 0 aliphatic rings. The molecule has 0 saturated heterocycles. The van der Waals surface area contributed by atoms with Gasteiger partial charge < -0.3 is 8.56 Å². The number of hydrogen-bond donors (Lipinski definition) is 0. The molecule has 0 spiro atoms. The number of hydrogen-bond acceptors (Lipinski definition) is 0. The van der Waals surface area contributed by atoms with E-state index >= 15 is 0 Å². The van der Waals surface area contributed by atoms with Crippen LogP contribution < -0.4 is 0 Å². The van der Waals surface area contributed by atoms with Crippen molar-refractivity contribution in [1.29, 1.82) is 0 Å². The zero-order valence-corrected chi connectivity index (χ0v) is 10.8. The van der Waals surface area contributed by atoms with Gasteiger partial charge in [-0.1, -0.05) is 0 Å². The fraction of sp³-hybridized carbons (Fsp3) is 0. The van der Waals surface area contributed by atoms with Crippen LogP contribution in [0.4, 0.5) is 0 Å². The summed E-state index contributed by atoms with van der Waals surface area (Å²) in [6.45, 7) is 0. The van der Waals surface area contributed by atoms with Gasteiger partial charge in [0.15, 0.2) is 0 Å². The van der Waals surface area contributed by atoms with Gasteiger partial charge >= 0.3 is 83.8 Å². The predicted molar refractivity (Wildman–Crippen MR) is 23.9 cm³/mol. The van der Waals surface area contributed by atoms with E-state index in [-0.39, 0.29) is 112 Å². The van der Waals surface area contributed by atoms with Crippen molar-refractivity contribution in [2.75, 3.05) is 0 Å². The smallest absolute Gasteiger partial charge is 1.00 e. The maximum absolute atomic E-state index is 0. The van der Waals surface area contributed by atoms with Crippen LogP contribution >= 0.6 is 0 Å². The van der Waals surface area contributed by atoms with Crippen molar-refractivity contribution in [2.24, 2.45) is 0 Å². The first kappa shape index (κ1) is 26.2. The Kier molecular flexibility index (Phi) is 105. The molecule has 0 aromatic carbocycles. The second-order valence-corrected chi connectivity index (χ2v) is 0. The Hall–Kier alpha value is 3.42. The maximum Gasteiger partial charge on any atom is 2.00 e. The summed E-state index contributed by atoms with van der Waals surface area (Å²) in [5.41, 5.74) is 0. The van der Waals surface area contributed by atoms with Gasteiger partial charge in [-0.2, -0.15) is 0 Å². The minimum atomic E-state index is 0. The summed E-state index contributed by atoms with van der Waals surface area (Å²) in [6.07, 6.45) is 0. The SMILES string of the molecule is [Ca+2].[H-].[H-].[H-].[H-].[H-].[H-].[Mg+2].[Mg+2].[Zn]. The molecule has 4 heavy (non-hydrogen) atoms. The zero-order chi connectivity index (χ0) is 0. The third-order valence-corrected chi connectivity index (χ3v) is 0. The molecule has 0 nitrogen and oxygen atoms in total. The summed E-state index contributed by atoms with van der Waals surface area (Å²) in [5.74, 6) is 0. The molecule has 0 fully saturated rings. The molecule has 0 atom stereocenters. The molecular formula is H6CaMg2Zn. The Bertz CT molecular complexity index is 15.7. The van der Waals surface area contributed by atoms with Crippen LogP contribution in [0.3, 0.4) is 0 Å². The van der Waals surface area contributed by atoms with Crippen molar-refractivity contribution in [3.05, 3.63) is 0 Å². The normalized spacial score (nSPS) is 0. The minimum absolute atomic E-state index is 0. The standard InChI is InChI=1S/Ca.2Mg.Zn.6H/q3*+2;;6*-1. The molecule has 0 aliphatic carbocycles. The van der Waals surface area contributed by atoms with Gasteiger partial charge in [0.05, 0.1) is 0 Å². The molecule has 4 heteroatoms. The van der Waals surface area contributed by atoms with E-state index in [1.54, 1.807) is 0 Å². The van der Waals surface area contributed by atoms with Crippen LogP contribution in [0.25, 0.3) is 0 Å². The Morgan fingerprint density at radius 3 is 1.00 bits per heavy atom. The van der Waals surface area contributed by atoms with Gasteiger partial charge in [0.2, 0.25) is 0 Å². The topological polar surface area (TPSA) is 0 Å². The largest absolute Gasteiger partial charge is 2.00 e. The summed E-state index contributed by atoms with van der Waals surface area (Å²) in [6, 6.07) is 0. The van der Waals surface area contributed by atoms with Gasteiger partial charge in [0.1, 0.15) is 0 Å². The van der Waals surface area contributed by atoms with E-state index in [4.69, 9.17) is 0 Å². The van der Waals surface area contributed by atoms with Crippen LogP contribution in [-0.2, 0) is 19.5 Å². The fourth-order valence-corrected chi connectivity index (χ4v) is 0. The van der Waals surface area contributed by atoms with Crippen LogP contribution in [0, 0.1) is 0 Å². The van der Waals surface area contributed by atoms with Crippen LogP contribution in [0.2, 0.25) is 0 Å². The molecule has 0 aliphatic heterocycles. The van der Waals surface area contributed by atoms with Gasteiger partial charge in [0.25, 0.3) is 0 Å². The molecule has 0 unspecified atom stereocenters. The summed E-state index contributed by atoms with van der Waals surface area (Å²) in [4.78, 5) is 0.